The Bertz CT molecular complexity index is 397. The predicted octanol–water partition coefficient (Wildman–Crippen LogP) is 2.90. The Morgan fingerprint density at radius 1 is 1.65 bits per heavy atom. The minimum absolute atomic E-state index is 0.171. The van der Waals surface area contributed by atoms with E-state index in [4.69, 9.17) is 5.11 Å². The second kappa shape index (κ2) is 6.22. The van der Waals surface area contributed by atoms with Crippen molar-refractivity contribution in [1.29, 1.82) is 0 Å². The van der Waals surface area contributed by atoms with Crippen molar-refractivity contribution in [2.75, 3.05) is 18.1 Å². The lowest BCUT2D eigenvalue weighted by Gasteiger charge is -2.34. The molecule has 94 valence electrons. The quantitative estimate of drug-likeness (QED) is 0.918. The molecule has 17 heavy (non-hydrogen) atoms. The molecule has 1 fully saturated rings. The number of carboxylic acids is 1. The number of hydrogen-bond acceptors (Lipinski definition) is 4. The molecule has 1 aliphatic heterocycles. The first-order chi connectivity index (χ1) is 8.15. The molecule has 3 nitrogen and oxygen atoms in total. The molecule has 0 bridgehead atoms. The van der Waals surface area contributed by atoms with Gasteiger partial charge in [-0.2, -0.15) is 11.8 Å². The highest BCUT2D eigenvalue weighted by Gasteiger charge is 2.25. The van der Waals surface area contributed by atoms with Crippen LogP contribution < -0.4 is 0 Å². The second-order valence-electron chi connectivity index (χ2n) is 4.06. The lowest BCUT2D eigenvalue weighted by Crippen LogP contribution is -2.42. The first kappa shape index (κ1) is 13.4. The van der Waals surface area contributed by atoms with Crippen molar-refractivity contribution >= 4 is 45.0 Å². The number of carboxylic acid groups (broad SMARTS) is 1. The normalized spacial score (nSPS) is 21.6. The van der Waals surface area contributed by atoms with E-state index in [-0.39, 0.29) is 12.5 Å². The summed E-state index contributed by atoms with van der Waals surface area (Å²) in [6.45, 7) is 1.84. The molecule has 0 aliphatic carbocycles. The van der Waals surface area contributed by atoms with E-state index in [2.05, 4.69) is 32.3 Å². The molecule has 6 heteroatoms. The third kappa shape index (κ3) is 3.98. The van der Waals surface area contributed by atoms with Gasteiger partial charge in [-0.1, -0.05) is 0 Å². The molecule has 2 heterocycles. The minimum atomic E-state index is -0.700. The highest BCUT2D eigenvalue weighted by Crippen LogP contribution is 2.25. The SMILES string of the molecule is O=C(O)CC1CSCCN1Cc1csc(Br)c1. The van der Waals surface area contributed by atoms with Crippen molar-refractivity contribution in [2.45, 2.75) is 19.0 Å². The van der Waals surface area contributed by atoms with Gasteiger partial charge in [0.05, 0.1) is 10.2 Å². The van der Waals surface area contributed by atoms with E-state index in [1.54, 1.807) is 11.3 Å². The molecular formula is C11H14BrNO2S2. The third-order valence-electron chi connectivity index (χ3n) is 2.77. The fourth-order valence-corrected chi connectivity index (χ4v) is 4.28. The number of carbonyl (C=O) groups is 1. The zero-order valence-electron chi connectivity index (χ0n) is 9.26. The molecule has 1 N–H and O–H groups in total. The number of hydrogen-bond donors (Lipinski definition) is 1. The van der Waals surface area contributed by atoms with Gasteiger partial charge in [-0.3, -0.25) is 9.69 Å². The van der Waals surface area contributed by atoms with E-state index in [0.29, 0.717) is 0 Å². The first-order valence-electron chi connectivity index (χ1n) is 5.41. The maximum absolute atomic E-state index is 10.8. The Kier molecular flexibility index (Phi) is 4.90. The third-order valence-corrected chi connectivity index (χ3v) is 5.41. The van der Waals surface area contributed by atoms with Crippen LogP contribution in [-0.4, -0.2) is 40.1 Å². The van der Waals surface area contributed by atoms with Gasteiger partial charge in [0.1, 0.15) is 0 Å². The van der Waals surface area contributed by atoms with Crippen LogP contribution in [0.4, 0.5) is 0 Å². The van der Waals surface area contributed by atoms with Crippen molar-refractivity contribution in [3.8, 4) is 0 Å². The Balaban J connectivity index is 1.98. The van der Waals surface area contributed by atoms with Gasteiger partial charge in [-0.25, -0.2) is 0 Å². The molecule has 2 rings (SSSR count). The fourth-order valence-electron chi connectivity index (χ4n) is 1.95. The van der Waals surface area contributed by atoms with Gasteiger partial charge in [-0.05, 0) is 32.9 Å². The lowest BCUT2D eigenvalue weighted by atomic mass is 10.1. The molecule has 1 unspecified atom stereocenters. The molecule has 1 saturated heterocycles. The number of nitrogens with zero attached hydrogens (tertiary/aromatic N) is 1. The summed E-state index contributed by atoms with van der Waals surface area (Å²) in [6.07, 6.45) is 0.248. The molecule has 0 aromatic carbocycles. The van der Waals surface area contributed by atoms with E-state index >= 15 is 0 Å². The summed E-state index contributed by atoms with van der Waals surface area (Å²) in [4.78, 5) is 13.1. The summed E-state index contributed by atoms with van der Waals surface area (Å²) < 4.78 is 1.13. The average Bonchev–Trinajstić information content (AvgIpc) is 2.66. The van der Waals surface area contributed by atoms with Crippen molar-refractivity contribution in [3.63, 3.8) is 0 Å². The van der Waals surface area contributed by atoms with Crippen LogP contribution in [0.5, 0.6) is 0 Å². The minimum Gasteiger partial charge on any atom is -0.481 e. The largest absolute Gasteiger partial charge is 0.481 e. The van der Waals surface area contributed by atoms with Crippen LogP contribution in [-0.2, 0) is 11.3 Å². The smallest absolute Gasteiger partial charge is 0.304 e. The maximum Gasteiger partial charge on any atom is 0.304 e. The number of aliphatic carboxylic acids is 1. The Labute approximate surface area is 117 Å². The summed E-state index contributed by atoms with van der Waals surface area (Å²) >= 11 is 6.98. The van der Waals surface area contributed by atoms with Crippen LogP contribution in [0.2, 0.25) is 0 Å². The molecule has 0 amide bonds. The van der Waals surface area contributed by atoms with Crippen molar-refractivity contribution in [1.82, 2.24) is 4.90 Å². The number of rotatable bonds is 4. The van der Waals surface area contributed by atoms with Gasteiger partial charge < -0.3 is 5.11 Å². The summed E-state index contributed by atoms with van der Waals surface area (Å²) in [5.41, 5.74) is 1.27. The summed E-state index contributed by atoms with van der Waals surface area (Å²) in [7, 11) is 0. The molecule has 1 atom stereocenters. The zero-order valence-corrected chi connectivity index (χ0v) is 12.5. The molecule has 1 aromatic heterocycles. The summed E-state index contributed by atoms with van der Waals surface area (Å²) in [5, 5.41) is 11.0. The molecule has 0 spiro atoms. The van der Waals surface area contributed by atoms with E-state index in [1.807, 2.05) is 11.8 Å². The Hall–Kier alpha value is -0.0400. The highest BCUT2D eigenvalue weighted by atomic mass is 79.9. The van der Waals surface area contributed by atoms with E-state index in [0.717, 1.165) is 28.4 Å². The number of halogens is 1. The van der Waals surface area contributed by atoms with Crippen LogP contribution >= 0.6 is 39.0 Å². The maximum atomic E-state index is 10.8. The van der Waals surface area contributed by atoms with Crippen molar-refractivity contribution < 1.29 is 9.90 Å². The molecule has 0 saturated carbocycles. The topological polar surface area (TPSA) is 40.5 Å². The summed E-state index contributed by atoms with van der Waals surface area (Å²) in [5.74, 6) is 1.33. The Morgan fingerprint density at radius 3 is 3.12 bits per heavy atom. The number of thiophene rings is 1. The average molecular weight is 336 g/mol. The standard InChI is InChI=1S/C11H14BrNO2S2/c12-10-3-8(6-17-10)5-13-1-2-16-7-9(13)4-11(14)15/h3,6,9H,1-2,4-5,7H2,(H,14,15). The van der Waals surface area contributed by atoms with Crippen LogP contribution in [0, 0.1) is 0 Å². The Morgan fingerprint density at radius 2 is 2.47 bits per heavy atom. The predicted molar refractivity (Wildman–Crippen MR) is 75.8 cm³/mol. The van der Waals surface area contributed by atoms with Crippen LogP contribution in [0.1, 0.15) is 12.0 Å². The van der Waals surface area contributed by atoms with Crippen LogP contribution in [0.15, 0.2) is 15.2 Å². The summed E-state index contributed by atoms with van der Waals surface area (Å²) in [6, 6.07) is 2.29. The van der Waals surface area contributed by atoms with Gasteiger partial charge in [0, 0.05) is 30.6 Å². The molecule has 0 radical (unpaired) electrons. The van der Waals surface area contributed by atoms with Gasteiger partial charge >= 0.3 is 5.97 Å². The van der Waals surface area contributed by atoms with Crippen LogP contribution in [0.25, 0.3) is 0 Å². The van der Waals surface area contributed by atoms with Gasteiger partial charge in [0.15, 0.2) is 0 Å². The van der Waals surface area contributed by atoms with Gasteiger partial charge in [0.2, 0.25) is 0 Å². The highest BCUT2D eigenvalue weighted by molar-refractivity contribution is 9.11. The first-order valence-corrected chi connectivity index (χ1v) is 8.24. The zero-order chi connectivity index (χ0) is 12.3. The van der Waals surface area contributed by atoms with Crippen molar-refractivity contribution in [3.05, 3.63) is 20.8 Å². The van der Waals surface area contributed by atoms with E-state index < -0.39 is 5.97 Å². The molecule has 1 aliphatic rings. The molecular weight excluding hydrogens is 322 g/mol. The van der Waals surface area contributed by atoms with E-state index in [1.165, 1.54) is 5.56 Å². The lowest BCUT2D eigenvalue weighted by molar-refractivity contribution is -0.138. The van der Waals surface area contributed by atoms with Gasteiger partial charge in [-0.15, -0.1) is 11.3 Å². The number of thioether (sulfide) groups is 1. The fraction of sp³-hybridized carbons (Fsp3) is 0.545. The van der Waals surface area contributed by atoms with E-state index in [9.17, 15) is 4.79 Å². The van der Waals surface area contributed by atoms with Crippen molar-refractivity contribution in [2.24, 2.45) is 0 Å². The second-order valence-corrected chi connectivity index (χ2v) is 7.50. The monoisotopic (exact) mass is 335 g/mol. The van der Waals surface area contributed by atoms with Crippen LogP contribution in [0.3, 0.4) is 0 Å². The van der Waals surface area contributed by atoms with Gasteiger partial charge in [0.25, 0.3) is 0 Å². The molecule has 1 aromatic rings.